The maximum absolute atomic E-state index is 12.3. The minimum Gasteiger partial charge on any atom is -0.454 e. The number of rotatable bonds is 6. The predicted molar refractivity (Wildman–Crippen MR) is 89.6 cm³/mol. The zero-order valence-corrected chi connectivity index (χ0v) is 14.6. The van der Waals surface area contributed by atoms with Gasteiger partial charge in [0.05, 0.1) is 22.3 Å². The van der Waals surface area contributed by atoms with Crippen LogP contribution in [0, 0.1) is 5.41 Å². The van der Waals surface area contributed by atoms with Crippen LogP contribution in [0.3, 0.4) is 0 Å². The molecular formula is C15H19NO5S2. The summed E-state index contributed by atoms with van der Waals surface area (Å²) >= 11 is 5.21. The van der Waals surface area contributed by atoms with Gasteiger partial charge < -0.3 is 19.9 Å². The summed E-state index contributed by atoms with van der Waals surface area (Å²) in [6, 6.07) is 5.42. The van der Waals surface area contributed by atoms with Crippen molar-refractivity contribution < 1.29 is 22.6 Å². The number of hydrogen-bond donors (Lipinski definition) is 1. The molecule has 0 unspecified atom stereocenters. The third-order valence-corrected chi connectivity index (χ3v) is 6.47. The van der Waals surface area contributed by atoms with Gasteiger partial charge in [-0.15, -0.1) is 0 Å². The molecule has 1 heterocycles. The third-order valence-electron chi connectivity index (χ3n) is 4.48. The smallest absolute Gasteiger partial charge is 0.231 e. The van der Waals surface area contributed by atoms with Gasteiger partial charge in [-0.2, -0.15) is 0 Å². The van der Waals surface area contributed by atoms with Gasteiger partial charge in [0.15, 0.2) is 21.3 Å². The second kappa shape index (κ2) is 5.61. The fourth-order valence-electron chi connectivity index (χ4n) is 3.42. The van der Waals surface area contributed by atoms with Crippen LogP contribution in [0.4, 0.5) is 0 Å². The van der Waals surface area contributed by atoms with Crippen molar-refractivity contribution in [1.29, 1.82) is 0 Å². The molecule has 0 amide bonds. The van der Waals surface area contributed by atoms with E-state index in [4.69, 9.17) is 32.2 Å². The van der Waals surface area contributed by atoms with Crippen molar-refractivity contribution in [2.75, 3.05) is 26.3 Å². The Bertz CT molecular complexity index is 748. The highest BCUT2D eigenvalue weighted by Crippen LogP contribution is 2.63. The third kappa shape index (κ3) is 2.58. The molecule has 0 bridgehead atoms. The number of ether oxygens (including phenoxy) is 3. The number of sulfone groups is 1. The first kappa shape index (κ1) is 16.5. The Morgan fingerprint density at radius 1 is 1.43 bits per heavy atom. The van der Waals surface area contributed by atoms with Crippen molar-refractivity contribution in [3.05, 3.63) is 23.8 Å². The topological polar surface area (TPSA) is 87.9 Å². The van der Waals surface area contributed by atoms with Crippen molar-refractivity contribution in [2.45, 2.75) is 18.1 Å². The second-order valence-electron chi connectivity index (χ2n) is 5.88. The molecule has 1 aromatic rings. The van der Waals surface area contributed by atoms with Gasteiger partial charge in [0.25, 0.3) is 0 Å². The average Bonchev–Trinajstić information content (AvgIpc) is 2.97. The van der Waals surface area contributed by atoms with E-state index in [-0.39, 0.29) is 24.3 Å². The largest absolute Gasteiger partial charge is 0.454 e. The summed E-state index contributed by atoms with van der Waals surface area (Å²) in [6.45, 7) is 2.67. The molecule has 8 heteroatoms. The van der Waals surface area contributed by atoms with Crippen LogP contribution in [0.2, 0.25) is 0 Å². The highest BCUT2D eigenvalue weighted by atomic mass is 32.2. The van der Waals surface area contributed by atoms with Crippen molar-refractivity contribution in [2.24, 2.45) is 11.1 Å². The summed E-state index contributed by atoms with van der Waals surface area (Å²) in [5, 5.41) is -0.681. The van der Waals surface area contributed by atoms with Gasteiger partial charge in [0.2, 0.25) is 6.79 Å². The molecule has 23 heavy (non-hydrogen) atoms. The highest BCUT2D eigenvalue weighted by molar-refractivity contribution is 7.92. The molecule has 1 aliphatic heterocycles. The minimum atomic E-state index is -3.34. The summed E-state index contributed by atoms with van der Waals surface area (Å²) in [7, 11) is -3.34. The first-order valence-corrected chi connectivity index (χ1v) is 9.64. The van der Waals surface area contributed by atoms with Crippen LogP contribution in [0.25, 0.3) is 0 Å². The lowest BCUT2D eigenvalue weighted by Crippen LogP contribution is -2.33. The molecule has 3 rings (SSSR count). The summed E-state index contributed by atoms with van der Waals surface area (Å²) in [5.74, 6) is 0.919. The van der Waals surface area contributed by atoms with Crippen molar-refractivity contribution in [3.63, 3.8) is 0 Å². The summed E-state index contributed by atoms with van der Waals surface area (Å²) in [5.41, 5.74) is 5.88. The summed E-state index contributed by atoms with van der Waals surface area (Å²) in [4.78, 5) is 0.170. The number of thiocarbonyl (C=S) groups is 1. The molecule has 1 aromatic carbocycles. The quantitative estimate of drug-likeness (QED) is 0.766. The van der Waals surface area contributed by atoms with Gasteiger partial charge >= 0.3 is 0 Å². The van der Waals surface area contributed by atoms with E-state index in [2.05, 4.69) is 0 Å². The first-order chi connectivity index (χ1) is 10.8. The zero-order chi connectivity index (χ0) is 16.8. The Labute approximate surface area is 140 Å². The van der Waals surface area contributed by atoms with Crippen molar-refractivity contribution in [1.82, 2.24) is 0 Å². The molecule has 1 aliphatic carbocycles. The van der Waals surface area contributed by atoms with E-state index in [9.17, 15) is 8.42 Å². The van der Waals surface area contributed by atoms with Gasteiger partial charge in [-0.1, -0.05) is 18.3 Å². The van der Waals surface area contributed by atoms with Crippen LogP contribution >= 0.6 is 12.2 Å². The zero-order valence-electron chi connectivity index (χ0n) is 12.9. The van der Waals surface area contributed by atoms with E-state index in [1.165, 1.54) is 6.26 Å². The van der Waals surface area contributed by atoms with Crippen LogP contribution in [0.15, 0.2) is 18.2 Å². The SMILES string of the molecule is CCOC[C@@]1(C(N)=S)[C@H](S(C)(=O)=O)[C@@H]1c1ccc2c(c1)OCO2. The second-order valence-corrected chi connectivity index (χ2v) is 8.49. The van der Waals surface area contributed by atoms with Crippen LogP contribution in [-0.4, -0.2) is 44.9 Å². The molecule has 0 aromatic heterocycles. The molecule has 1 saturated carbocycles. The van der Waals surface area contributed by atoms with E-state index in [0.29, 0.717) is 18.1 Å². The van der Waals surface area contributed by atoms with E-state index in [1.54, 1.807) is 12.1 Å². The Hall–Kier alpha value is -1.38. The number of nitrogens with two attached hydrogens (primary N) is 1. The molecule has 6 nitrogen and oxygen atoms in total. The van der Waals surface area contributed by atoms with Crippen molar-refractivity contribution >= 4 is 27.0 Å². The summed E-state index contributed by atoms with van der Waals surface area (Å²) in [6.07, 6.45) is 1.21. The van der Waals surface area contributed by atoms with E-state index in [0.717, 1.165) is 5.56 Å². The molecule has 3 atom stereocenters. The normalized spacial score (nSPS) is 28.6. The molecule has 0 saturated heterocycles. The Kier molecular flexibility index (Phi) is 4.02. The average molecular weight is 357 g/mol. The fourth-order valence-corrected chi connectivity index (χ4v) is 5.73. The van der Waals surface area contributed by atoms with Gasteiger partial charge in [-0.25, -0.2) is 8.42 Å². The standard InChI is InChI=1S/C15H19NO5S2/c1-3-19-7-15(14(16)22)12(13(15)23(2,17)18)9-4-5-10-11(6-9)21-8-20-10/h4-6,12-13H,3,7-8H2,1-2H3,(H2,16,22)/t12-,13+,15-/m0/s1. The summed E-state index contributed by atoms with van der Waals surface area (Å²) < 4.78 is 40.7. The van der Waals surface area contributed by atoms with E-state index in [1.807, 2.05) is 13.0 Å². The van der Waals surface area contributed by atoms with E-state index >= 15 is 0 Å². The molecule has 1 fully saturated rings. The van der Waals surface area contributed by atoms with Crippen LogP contribution < -0.4 is 15.2 Å². The van der Waals surface area contributed by atoms with Crippen LogP contribution in [0.1, 0.15) is 18.4 Å². The predicted octanol–water partition coefficient (Wildman–Crippen LogP) is 1.23. The monoisotopic (exact) mass is 357 g/mol. The molecular weight excluding hydrogens is 338 g/mol. The number of hydrogen-bond acceptors (Lipinski definition) is 6. The molecule has 126 valence electrons. The lowest BCUT2D eigenvalue weighted by molar-refractivity contribution is 0.121. The lowest BCUT2D eigenvalue weighted by atomic mass is 9.99. The Balaban J connectivity index is 2.03. The maximum atomic E-state index is 12.3. The molecule has 0 radical (unpaired) electrons. The molecule has 2 N–H and O–H groups in total. The molecule has 0 spiro atoms. The van der Waals surface area contributed by atoms with Gasteiger partial charge in [0.1, 0.15) is 0 Å². The fraction of sp³-hybridized carbons (Fsp3) is 0.533. The molecule has 2 aliphatic rings. The van der Waals surface area contributed by atoms with Gasteiger partial charge in [-0.3, -0.25) is 0 Å². The van der Waals surface area contributed by atoms with Gasteiger partial charge in [0, 0.05) is 18.8 Å². The minimum absolute atomic E-state index is 0.165. The Morgan fingerprint density at radius 2 is 2.13 bits per heavy atom. The first-order valence-electron chi connectivity index (χ1n) is 7.28. The highest BCUT2D eigenvalue weighted by Gasteiger charge is 2.72. The lowest BCUT2D eigenvalue weighted by Gasteiger charge is -2.16. The Morgan fingerprint density at radius 3 is 2.74 bits per heavy atom. The van der Waals surface area contributed by atoms with E-state index < -0.39 is 20.5 Å². The van der Waals surface area contributed by atoms with Crippen LogP contribution in [-0.2, 0) is 14.6 Å². The van der Waals surface area contributed by atoms with Crippen LogP contribution in [0.5, 0.6) is 11.5 Å². The number of benzene rings is 1. The number of fused-ring (bicyclic) bond motifs is 1. The maximum Gasteiger partial charge on any atom is 0.231 e. The van der Waals surface area contributed by atoms with Crippen molar-refractivity contribution in [3.8, 4) is 11.5 Å². The van der Waals surface area contributed by atoms with Gasteiger partial charge in [-0.05, 0) is 24.6 Å².